The van der Waals surface area contributed by atoms with Crippen LogP contribution in [-0.2, 0) is 17.4 Å². The van der Waals surface area contributed by atoms with E-state index in [4.69, 9.17) is 4.74 Å². The normalized spacial score (nSPS) is 18.5. The molecule has 1 aliphatic heterocycles. The van der Waals surface area contributed by atoms with E-state index in [2.05, 4.69) is 30.7 Å². The van der Waals surface area contributed by atoms with E-state index in [1.54, 1.807) is 0 Å². The predicted octanol–water partition coefficient (Wildman–Crippen LogP) is 4.95. The van der Waals surface area contributed by atoms with Crippen molar-refractivity contribution in [3.05, 3.63) is 107 Å². The number of rotatable bonds is 2. The van der Waals surface area contributed by atoms with Gasteiger partial charge in [-0.1, -0.05) is 66.7 Å². The molecule has 0 spiro atoms. The second-order valence-corrected chi connectivity index (χ2v) is 7.02. The summed E-state index contributed by atoms with van der Waals surface area (Å²) in [5.41, 5.74) is 4.80. The number of nitrogens with zero attached hydrogens (tertiary/aromatic N) is 1. The summed E-state index contributed by atoms with van der Waals surface area (Å²) < 4.78 is 8.41. The number of aryl methyl sites for hydroxylation is 1. The van der Waals surface area contributed by atoms with E-state index in [0.717, 1.165) is 33.3 Å². The van der Waals surface area contributed by atoms with Crippen LogP contribution in [0.25, 0.3) is 10.9 Å². The average Bonchev–Trinajstić information content (AvgIpc) is 3.15. The molecule has 0 saturated heterocycles. The Balaban J connectivity index is 1.97. The minimum Gasteiger partial charge on any atom is -0.440 e. The SMILES string of the molecule is Cc1c(C2(c3ccccc3)OC(=O)c3ccccc32)c2ccccc2n1C. The first kappa shape index (κ1) is 15.9. The summed E-state index contributed by atoms with van der Waals surface area (Å²) in [6.45, 7) is 2.09. The number of carbonyl (C=O) groups excluding carboxylic acids is 1. The van der Waals surface area contributed by atoms with E-state index >= 15 is 0 Å². The minimum absolute atomic E-state index is 0.276. The molecular weight excluding hydrogens is 334 g/mol. The minimum atomic E-state index is -0.945. The van der Waals surface area contributed by atoms with E-state index in [1.807, 2.05) is 66.7 Å². The lowest BCUT2D eigenvalue weighted by Crippen LogP contribution is -2.30. The van der Waals surface area contributed by atoms with Crippen molar-refractivity contribution in [3.63, 3.8) is 0 Å². The van der Waals surface area contributed by atoms with Gasteiger partial charge in [0.1, 0.15) is 0 Å². The molecule has 0 N–H and O–H groups in total. The van der Waals surface area contributed by atoms with Crippen LogP contribution in [0.5, 0.6) is 0 Å². The lowest BCUT2D eigenvalue weighted by Gasteiger charge is -2.30. The van der Waals surface area contributed by atoms with Crippen molar-refractivity contribution in [2.75, 3.05) is 0 Å². The molecule has 1 unspecified atom stereocenters. The summed E-state index contributed by atoms with van der Waals surface area (Å²) in [4.78, 5) is 12.9. The molecule has 3 heteroatoms. The Kier molecular flexibility index (Phi) is 3.28. The zero-order valence-corrected chi connectivity index (χ0v) is 15.3. The molecule has 1 aliphatic rings. The molecule has 3 nitrogen and oxygen atoms in total. The molecule has 3 aromatic carbocycles. The van der Waals surface area contributed by atoms with E-state index in [1.165, 1.54) is 0 Å². The van der Waals surface area contributed by atoms with E-state index < -0.39 is 5.60 Å². The van der Waals surface area contributed by atoms with Crippen LogP contribution in [0.2, 0.25) is 0 Å². The lowest BCUT2D eigenvalue weighted by atomic mass is 9.78. The van der Waals surface area contributed by atoms with Gasteiger partial charge in [0.2, 0.25) is 0 Å². The molecular formula is C24H19NO2. The predicted molar refractivity (Wildman–Crippen MR) is 106 cm³/mol. The average molecular weight is 353 g/mol. The number of hydrogen-bond acceptors (Lipinski definition) is 2. The summed E-state index contributed by atoms with van der Waals surface area (Å²) in [7, 11) is 2.06. The number of esters is 1. The molecule has 0 amide bonds. The summed E-state index contributed by atoms with van der Waals surface area (Å²) in [5, 5.41) is 1.10. The van der Waals surface area contributed by atoms with Gasteiger partial charge in [-0.05, 0) is 19.1 Å². The van der Waals surface area contributed by atoms with Crippen molar-refractivity contribution in [2.24, 2.45) is 7.05 Å². The Morgan fingerprint density at radius 2 is 1.52 bits per heavy atom. The molecule has 1 atom stereocenters. The van der Waals surface area contributed by atoms with Crippen LogP contribution in [0.15, 0.2) is 78.9 Å². The molecule has 0 radical (unpaired) electrons. The first-order valence-electron chi connectivity index (χ1n) is 9.07. The zero-order valence-electron chi connectivity index (χ0n) is 15.3. The lowest BCUT2D eigenvalue weighted by molar-refractivity contribution is 0.0253. The number of ether oxygens (including phenoxy) is 1. The summed E-state index contributed by atoms with van der Waals surface area (Å²) in [6, 6.07) is 26.0. The van der Waals surface area contributed by atoms with Gasteiger partial charge in [0.05, 0.1) is 5.56 Å². The Labute approximate surface area is 157 Å². The number of fused-ring (bicyclic) bond motifs is 2. The van der Waals surface area contributed by atoms with Crippen LogP contribution in [-0.4, -0.2) is 10.5 Å². The summed E-state index contributed by atoms with van der Waals surface area (Å²) in [6.07, 6.45) is 0. The second kappa shape index (κ2) is 5.58. The van der Waals surface area contributed by atoms with Crippen LogP contribution >= 0.6 is 0 Å². The third-order valence-corrected chi connectivity index (χ3v) is 5.70. The topological polar surface area (TPSA) is 31.2 Å². The molecule has 0 aliphatic carbocycles. The van der Waals surface area contributed by atoms with Crippen molar-refractivity contribution in [2.45, 2.75) is 12.5 Å². The standard InChI is InChI=1S/C24H19NO2/c1-16-22(19-13-7-9-15-21(19)25(16)2)24(17-10-4-3-5-11-17)20-14-8-6-12-18(20)23(26)27-24/h3-15H,1-2H3. The van der Waals surface area contributed by atoms with Gasteiger partial charge < -0.3 is 9.30 Å². The number of cyclic esters (lactones) is 1. The molecule has 132 valence electrons. The Morgan fingerprint density at radius 3 is 2.33 bits per heavy atom. The Bertz CT molecular complexity index is 1190. The van der Waals surface area contributed by atoms with Crippen LogP contribution in [0.3, 0.4) is 0 Å². The van der Waals surface area contributed by atoms with Gasteiger partial charge in [0.15, 0.2) is 5.60 Å². The number of carbonyl (C=O) groups is 1. The van der Waals surface area contributed by atoms with Gasteiger partial charge in [-0.3, -0.25) is 0 Å². The number of aromatic nitrogens is 1. The van der Waals surface area contributed by atoms with Crippen LogP contribution < -0.4 is 0 Å². The van der Waals surface area contributed by atoms with Gasteiger partial charge in [0.25, 0.3) is 0 Å². The van der Waals surface area contributed by atoms with Crippen molar-refractivity contribution in [1.82, 2.24) is 4.57 Å². The summed E-state index contributed by atoms with van der Waals surface area (Å²) >= 11 is 0. The summed E-state index contributed by atoms with van der Waals surface area (Å²) in [5.74, 6) is -0.276. The largest absolute Gasteiger partial charge is 0.440 e. The van der Waals surface area contributed by atoms with E-state index in [0.29, 0.717) is 5.56 Å². The van der Waals surface area contributed by atoms with E-state index in [-0.39, 0.29) is 5.97 Å². The molecule has 0 fully saturated rings. The fourth-order valence-electron chi connectivity index (χ4n) is 4.40. The fourth-order valence-corrected chi connectivity index (χ4v) is 4.40. The fraction of sp³-hybridized carbons (Fsp3) is 0.125. The van der Waals surface area contributed by atoms with Crippen molar-refractivity contribution < 1.29 is 9.53 Å². The molecule has 27 heavy (non-hydrogen) atoms. The van der Waals surface area contributed by atoms with Gasteiger partial charge in [-0.15, -0.1) is 0 Å². The maximum absolute atomic E-state index is 12.9. The monoisotopic (exact) mass is 353 g/mol. The highest BCUT2D eigenvalue weighted by Crippen LogP contribution is 2.50. The van der Waals surface area contributed by atoms with Gasteiger partial charge in [0, 0.05) is 40.3 Å². The van der Waals surface area contributed by atoms with Gasteiger partial charge >= 0.3 is 5.97 Å². The van der Waals surface area contributed by atoms with Crippen LogP contribution in [0, 0.1) is 6.92 Å². The van der Waals surface area contributed by atoms with E-state index in [9.17, 15) is 4.79 Å². The molecule has 5 rings (SSSR count). The Morgan fingerprint density at radius 1 is 0.852 bits per heavy atom. The van der Waals surface area contributed by atoms with Crippen molar-refractivity contribution in [3.8, 4) is 0 Å². The highest BCUT2D eigenvalue weighted by molar-refractivity contribution is 5.98. The number of hydrogen-bond donors (Lipinski definition) is 0. The maximum atomic E-state index is 12.9. The maximum Gasteiger partial charge on any atom is 0.340 e. The molecule has 1 aromatic heterocycles. The first-order chi connectivity index (χ1) is 13.1. The van der Waals surface area contributed by atoms with Crippen molar-refractivity contribution in [1.29, 1.82) is 0 Å². The number of para-hydroxylation sites is 1. The Hall–Kier alpha value is -3.33. The molecule has 0 saturated carbocycles. The second-order valence-electron chi connectivity index (χ2n) is 7.02. The molecule has 2 heterocycles. The zero-order chi connectivity index (χ0) is 18.6. The highest BCUT2D eigenvalue weighted by Gasteiger charge is 2.50. The first-order valence-corrected chi connectivity index (χ1v) is 9.07. The third-order valence-electron chi connectivity index (χ3n) is 5.70. The smallest absolute Gasteiger partial charge is 0.340 e. The molecule has 0 bridgehead atoms. The van der Waals surface area contributed by atoms with Crippen molar-refractivity contribution >= 4 is 16.9 Å². The van der Waals surface area contributed by atoms with Gasteiger partial charge in [-0.2, -0.15) is 0 Å². The van der Waals surface area contributed by atoms with Crippen LogP contribution in [0.4, 0.5) is 0 Å². The third kappa shape index (κ3) is 2.00. The highest BCUT2D eigenvalue weighted by atomic mass is 16.6. The number of benzene rings is 3. The molecule has 4 aromatic rings. The quantitative estimate of drug-likeness (QED) is 0.478. The van der Waals surface area contributed by atoms with Crippen LogP contribution in [0.1, 0.15) is 32.7 Å². The van der Waals surface area contributed by atoms with Gasteiger partial charge in [-0.25, -0.2) is 4.79 Å².